The fourth-order valence-corrected chi connectivity index (χ4v) is 2.93. The van der Waals surface area contributed by atoms with Crippen LogP contribution in [0.15, 0.2) is 18.2 Å². The van der Waals surface area contributed by atoms with Gasteiger partial charge in [-0.05, 0) is 36.5 Å². The van der Waals surface area contributed by atoms with Crippen molar-refractivity contribution >= 4 is 23.1 Å². The first-order chi connectivity index (χ1) is 8.16. The first-order valence-electron chi connectivity index (χ1n) is 5.45. The molecule has 4 nitrogen and oxygen atoms in total. The van der Waals surface area contributed by atoms with E-state index in [1.54, 1.807) is 6.07 Å². The first kappa shape index (κ1) is 12.2. The fraction of sp³-hybridized carbons (Fsp3) is 0.455. The van der Waals surface area contributed by atoms with Crippen molar-refractivity contribution in [3.8, 4) is 0 Å². The Morgan fingerprint density at radius 2 is 2.12 bits per heavy atom. The fourth-order valence-electron chi connectivity index (χ4n) is 1.82. The van der Waals surface area contributed by atoms with Crippen LogP contribution in [-0.4, -0.2) is 22.5 Å². The maximum atomic E-state index is 13.1. The standard InChI is InChI=1S/C11H13FN2O2S/c12-10-2-1-9(7-11(10)14(15)16)13-8-3-5-17-6-4-8/h1-2,7-8,13H,3-6H2. The molecule has 0 unspecified atom stereocenters. The van der Waals surface area contributed by atoms with Gasteiger partial charge in [-0.3, -0.25) is 10.1 Å². The molecule has 0 radical (unpaired) electrons. The molecule has 0 amide bonds. The van der Waals surface area contributed by atoms with E-state index < -0.39 is 16.4 Å². The molecule has 0 aliphatic carbocycles. The van der Waals surface area contributed by atoms with E-state index in [0.29, 0.717) is 11.7 Å². The Kier molecular flexibility index (Phi) is 3.83. The quantitative estimate of drug-likeness (QED) is 0.667. The second-order valence-corrected chi connectivity index (χ2v) is 5.18. The molecular formula is C11H13FN2O2S. The smallest absolute Gasteiger partial charge is 0.306 e. The van der Waals surface area contributed by atoms with E-state index in [-0.39, 0.29) is 0 Å². The van der Waals surface area contributed by atoms with Gasteiger partial charge in [-0.1, -0.05) is 0 Å². The average molecular weight is 256 g/mol. The summed E-state index contributed by atoms with van der Waals surface area (Å²) < 4.78 is 13.1. The lowest BCUT2D eigenvalue weighted by molar-refractivity contribution is -0.387. The van der Waals surface area contributed by atoms with Crippen LogP contribution in [0, 0.1) is 15.9 Å². The van der Waals surface area contributed by atoms with Crippen LogP contribution >= 0.6 is 11.8 Å². The van der Waals surface area contributed by atoms with Crippen LogP contribution < -0.4 is 5.32 Å². The number of nitrogens with zero attached hydrogens (tertiary/aromatic N) is 1. The summed E-state index contributed by atoms with van der Waals surface area (Å²) in [6, 6.07) is 4.28. The van der Waals surface area contributed by atoms with Crippen LogP contribution in [0.5, 0.6) is 0 Å². The zero-order chi connectivity index (χ0) is 12.3. The predicted octanol–water partition coefficient (Wildman–Crippen LogP) is 3.04. The van der Waals surface area contributed by atoms with Crippen LogP contribution in [0.25, 0.3) is 0 Å². The second kappa shape index (κ2) is 5.35. The molecule has 1 N–H and O–H groups in total. The van der Waals surface area contributed by atoms with Crippen molar-refractivity contribution < 1.29 is 9.31 Å². The van der Waals surface area contributed by atoms with E-state index in [9.17, 15) is 14.5 Å². The van der Waals surface area contributed by atoms with E-state index in [1.165, 1.54) is 6.07 Å². The molecule has 1 aliphatic rings. The van der Waals surface area contributed by atoms with Gasteiger partial charge < -0.3 is 5.32 Å². The molecular weight excluding hydrogens is 243 g/mol. The van der Waals surface area contributed by atoms with Gasteiger partial charge in [0.25, 0.3) is 0 Å². The lowest BCUT2D eigenvalue weighted by atomic mass is 10.1. The van der Waals surface area contributed by atoms with Crippen molar-refractivity contribution in [3.63, 3.8) is 0 Å². The molecule has 1 aromatic rings. The Labute approximate surface area is 103 Å². The Morgan fingerprint density at radius 1 is 1.41 bits per heavy atom. The summed E-state index contributed by atoms with van der Waals surface area (Å²) >= 11 is 1.91. The van der Waals surface area contributed by atoms with E-state index in [4.69, 9.17) is 0 Å². The largest absolute Gasteiger partial charge is 0.382 e. The highest BCUT2D eigenvalue weighted by atomic mass is 32.2. The number of hydrogen-bond acceptors (Lipinski definition) is 4. The number of anilines is 1. The van der Waals surface area contributed by atoms with Gasteiger partial charge in [0.15, 0.2) is 0 Å². The molecule has 0 atom stereocenters. The van der Waals surface area contributed by atoms with Gasteiger partial charge in [-0.15, -0.1) is 0 Å². The minimum Gasteiger partial charge on any atom is -0.382 e. The Bertz CT molecular complexity index is 422. The summed E-state index contributed by atoms with van der Waals surface area (Å²) in [7, 11) is 0. The van der Waals surface area contributed by atoms with Crippen LogP contribution in [0.2, 0.25) is 0 Å². The van der Waals surface area contributed by atoms with Crippen LogP contribution in [0.1, 0.15) is 12.8 Å². The number of benzene rings is 1. The number of rotatable bonds is 3. The van der Waals surface area contributed by atoms with E-state index in [2.05, 4.69) is 5.32 Å². The van der Waals surface area contributed by atoms with Gasteiger partial charge in [-0.25, -0.2) is 0 Å². The lowest BCUT2D eigenvalue weighted by Gasteiger charge is -2.23. The molecule has 1 aliphatic heterocycles. The van der Waals surface area contributed by atoms with Crippen molar-refractivity contribution in [3.05, 3.63) is 34.1 Å². The molecule has 0 aromatic heterocycles. The molecule has 0 spiro atoms. The third-order valence-electron chi connectivity index (χ3n) is 2.73. The number of nitrogens with one attached hydrogen (secondary N) is 1. The van der Waals surface area contributed by atoms with Gasteiger partial charge in [0.05, 0.1) is 4.92 Å². The lowest BCUT2D eigenvalue weighted by Crippen LogP contribution is -2.24. The van der Waals surface area contributed by atoms with Gasteiger partial charge in [0.2, 0.25) is 5.82 Å². The average Bonchev–Trinajstić information content (AvgIpc) is 2.32. The van der Waals surface area contributed by atoms with Crippen molar-refractivity contribution in [2.45, 2.75) is 18.9 Å². The molecule has 0 bridgehead atoms. The van der Waals surface area contributed by atoms with Gasteiger partial charge in [0.1, 0.15) is 0 Å². The zero-order valence-corrected chi connectivity index (χ0v) is 10.0. The monoisotopic (exact) mass is 256 g/mol. The highest BCUT2D eigenvalue weighted by Crippen LogP contribution is 2.25. The molecule has 1 heterocycles. The predicted molar refractivity (Wildman–Crippen MR) is 67.0 cm³/mol. The van der Waals surface area contributed by atoms with Crippen LogP contribution in [0.3, 0.4) is 0 Å². The van der Waals surface area contributed by atoms with Crippen LogP contribution in [0.4, 0.5) is 15.8 Å². The van der Waals surface area contributed by atoms with E-state index in [1.807, 2.05) is 11.8 Å². The zero-order valence-electron chi connectivity index (χ0n) is 9.19. The third kappa shape index (κ3) is 3.09. The molecule has 1 aromatic carbocycles. The SMILES string of the molecule is O=[N+]([O-])c1cc(NC2CCSCC2)ccc1F. The second-order valence-electron chi connectivity index (χ2n) is 3.95. The number of halogens is 1. The highest BCUT2D eigenvalue weighted by molar-refractivity contribution is 7.99. The molecule has 1 fully saturated rings. The van der Waals surface area contributed by atoms with Crippen molar-refractivity contribution in [1.82, 2.24) is 0 Å². The molecule has 0 saturated carbocycles. The summed E-state index contributed by atoms with van der Waals surface area (Å²) in [5.41, 5.74) is 0.148. The number of hydrogen-bond donors (Lipinski definition) is 1. The van der Waals surface area contributed by atoms with Gasteiger partial charge in [0, 0.05) is 17.8 Å². The Morgan fingerprint density at radius 3 is 2.76 bits per heavy atom. The van der Waals surface area contributed by atoms with Crippen molar-refractivity contribution in [1.29, 1.82) is 0 Å². The van der Waals surface area contributed by atoms with E-state index in [0.717, 1.165) is 30.4 Å². The minimum absolute atomic E-state index is 0.335. The van der Waals surface area contributed by atoms with E-state index >= 15 is 0 Å². The highest BCUT2D eigenvalue weighted by Gasteiger charge is 2.17. The number of nitro benzene ring substituents is 1. The summed E-state index contributed by atoms with van der Waals surface area (Å²) in [4.78, 5) is 9.90. The number of thioether (sulfide) groups is 1. The van der Waals surface area contributed by atoms with Gasteiger partial charge >= 0.3 is 5.69 Å². The molecule has 2 rings (SSSR count). The normalized spacial score (nSPS) is 16.8. The summed E-state index contributed by atoms with van der Waals surface area (Å²) in [5, 5.41) is 13.8. The molecule has 1 saturated heterocycles. The minimum atomic E-state index is -0.792. The van der Waals surface area contributed by atoms with Crippen molar-refractivity contribution in [2.24, 2.45) is 0 Å². The summed E-state index contributed by atoms with van der Waals surface area (Å²) in [6.45, 7) is 0. The maximum Gasteiger partial charge on any atom is 0.306 e. The first-order valence-corrected chi connectivity index (χ1v) is 6.60. The Balaban J connectivity index is 2.10. The van der Waals surface area contributed by atoms with Gasteiger partial charge in [-0.2, -0.15) is 16.2 Å². The molecule has 6 heteroatoms. The Hall–Kier alpha value is -1.30. The maximum absolute atomic E-state index is 13.1. The topological polar surface area (TPSA) is 55.2 Å². The third-order valence-corrected chi connectivity index (χ3v) is 3.78. The molecule has 92 valence electrons. The van der Waals surface area contributed by atoms with Crippen LogP contribution in [-0.2, 0) is 0 Å². The molecule has 17 heavy (non-hydrogen) atoms. The summed E-state index contributed by atoms with van der Waals surface area (Å²) in [6.07, 6.45) is 2.08. The summed E-state index contributed by atoms with van der Waals surface area (Å²) in [5.74, 6) is 1.40. The number of nitro groups is 1. The van der Waals surface area contributed by atoms with Crippen molar-refractivity contribution in [2.75, 3.05) is 16.8 Å².